The fourth-order valence-electron chi connectivity index (χ4n) is 1.23. The second-order valence-corrected chi connectivity index (χ2v) is 3.45. The zero-order valence-electron chi connectivity index (χ0n) is 7.61. The van der Waals surface area contributed by atoms with Crippen molar-refractivity contribution in [1.29, 1.82) is 0 Å². The van der Waals surface area contributed by atoms with E-state index in [2.05, 4.69) is 24.0 Å². The zero-order valence-corrected chi connectivity index (χ0v) is 7.61. The molecule has 0 saturated carbocycles. The van der Waals surface area contributed by atoms with Crippen LogP contribution in [0.5, 0.6) is 6.08 Å². The Morgan fingerprint density at radius 2 is 2.00 bits per heavy atom. The van der Waals surface area contributed by atoms with E-state index in [1.165, 1.54) is 0 Å². The summed E-state index contributed by atoms with van der Waals surface area (Å²) in [5.74, 6) is 1.33. The van der Waals surface area contributed by atoms with Gasteiger partial charge in [0.1, 0.15) is 7.28 Å². The largest absolute Gasteiger partial charge is 0.465 e. The van der Waals surface area contributed by atoms with E-state index in [9.17, 15) is 0 Å². The molecule has 0 spiro atoms. The molecule has 1 rings (SSSR count). The van der Waals surface area contributed by atoms with Crippen molar-refractivity contribution in [1.82, 2.24) is 10.2 Å². The Balaban J connectivity index is 2.58. The summed E-state index contributed by atoms with van der Waals surface area (Å²) in [6.45, 7) is 6.27. The van der Waals surface area contributed by atoms with E-state index in [-0.39, 0.29) is 11.9 Å². The van der Waals surface area contributed by atoms with Crippen LogP contribution >= 0.6 is 0 Å². The van der Waals surface area contributed by atoms with E-state index in [0.29, 0.717) is 11.7 Å². The number of aromatic hydroxyl groups is 1. The monoisotopic (exact) mass is 168 g/mol. The van der Waals surface area contributed by atoms with E-state index >= 15 is 0 Å². The van der Waals surface area contributed by atoms with Crippen LogP contribution in [0.4, 0.5) is 0 Å². The molecule has 1 N–H and O–H groups in total. The van der Waals surface area contributed by atoms with E-state index in [1.54, 1.807) is 0 Å². The van der Waals surface area contributed by atoms with E-state index in [1.807, 2.05) is 6.92 Å². The number of hydrogen-bond acceptors (Lipinski definition) is 4. The predicted octanol–water partition coefficient (Wildman–Crippen LogP) is 1.10. The van der Waals surface area contributed by atoms with Gasteiger partial charge in [-0.15, -0.1) is 5.10 Å². The van der Waals surface area contributed by atoms with Crippen LogP contribution in [0.3, 0.4) is 0 Å². The maximum absolute atomic E-state index is 8.80. The maximum atomic E-state index is 8.80. The van der Waals surface area contributed by atoms with Crippen molar-refractivity contribution in [3.63, 3.8) is 0 Å². The number of aromatic nitrogens is 2. The Hall–Kier alpha value is -0.995. The highest BCUT2D eigenvalue weighted by molar-refractivity contribution is 6.39. The van der Waals surface area contributed by atoms with Crippen LogP contribution in [0.15, 0.2) is 4.42 Å². The third-order valence-electron chi connectivity index (χ3n) is 1.68. The zero-order chi connectivity index (χ0) is 9.14. The summed E-state index contributed by atoms with van der Waals surface area (Å²) in [7, 11) is 0.988. The molecule has 12 heavy (non-hydrogen) atoms. The van der Waals surface area contributed by atoms with E-state index in [4.69, 9.17) is 9.52 Å². The smallest absolute Gasteiger partial charge is 0.412 e. The van der Waals surface area contributed by atoms with Gasteiger partial charge >= 0.3 is 6.08 Å². The molecule has 0 radical (unpaired) electrons. The van der Waals surface area contributed by atoms with E-state index < -0.39 is 0 Å². The third-order valence-corrected chi connectivity index (χ3v) is 1.68. The minimum Gasteiger partial charge on any atom is -0.465 e. The Kier molecular flexibility index (Phi) is 2.73. The summed E-state index contributed by atoms with van der Waals surface area (Å²) in [6.07, 6.45) is -0.347. The van der Waals surface area contributed by atoms with Gasteiger partial charge < -0.3 is 9.52 Å². The van der Waals surface area contributed by atoms with Crippen LogP contribution in [0.25, 0.3) is 0 Å². The molecule has 1 aromatic rings. The second-order valence-electron chi connectivity index (χ2n) is 3.45. The lowest BCUT2D eigenvalue weighted by Gasteiger charge is -2.06. The van der Waals surface area contributed by atoms with Crippen molar-refractivity contribution < 1.29 is 9.52 Å². The van der Waals surface area contributed by atoms with Gasteiger partial charge in [-0.1, -0.05) is 31.7 Å². The molecule has 0 bridgehead atoms. The van der Waals surface area contributed by atoms with Crippen molar-refractivity contribution in [2.24, 2.45) is 0 Å². The summed E-state index contributed by atoms with van der Waals surface area (Å²) < 4.78 is 4.88. The normalized spacial score (nSPS) is 13.3. The molecule has 0 aliphatic heterocycles. The summed E-state index contributed by atoms with van der Waals surface area (Å²) in [5, 5.41) is 15.9. The van der Waals surface area contributed by atoms with Gasteiger partial charge in [-0.25, -0.2) is 0 Å². The fraction of sp³-hybridized carbons (Fsp3) is 0.714. The highest BCUT2D eigenvalue weighted by Gasteiger charge is 2.15. The molecule has 1 aromatic heterocycles. The van der Waals surface area contributed by atoms with Crippen LogP contribution in [-0.2, 0) is 0 Å². The number of rotatable bonds is 3. The van der Waals surface area contributed by atoms with Gasteiger partial charge in [-0.2, -0.15) is 0 Å². The molecule has 66 valence electrons. The Morgan fingerprint density at radius 1 is 1.33 bits per heavy atom. The van der Waals surface area contributed by atoms with Crippen molar-refractivity contribution in [3.05, 3.63) is 5.89 Å². The average molecular weight is 168 g/mol. The molecule has 0 aliphatic carbocycles. The fourth-order valence-corrected chi connectivity index (χ4v) is 1.23. The Morgan fingerprint density at radius 3 is 2.42 bits per heavy atom. The maximum Gasteiger partial charge on any atom is 0.412 e. The number of hydrogen-bond donors (Lipinski definition) is 1. The summed E-state index contributed by atoms with van der Waals surface area (Å²) in [6, 6.07) is 0. The molecule has 4 nitrogen and oxygen atoms in total. The minimum absolute atomic E-state index is 0.221. The highest BCUT2D eigenvalue weighted by Crippen LogP contribution is 2.18. The Bertz CT molecular complexity index is 249. The van der Waals surface area contributed by atoms with Gasteiger partial charge in [0.25, 0.3) is 0 Å². The molecule has 1 heterocycles. The summed E-state index contributed by atoms with van der Waals surface area (Å²) >= 11 is 0. The minimum atomic E-state index is -0.347. The molecule has 1 unspecified atom stereocenters. The van der Waals surface area contributed by atoms with E-state index in [0.717, 1.165) is 7.28 Å². The molecule has 0 aliphatic rings. The van der Waals surface area contributed by atoms with Gasteiger partial charge in [0, 0.05) is 5.82 Å². The lowest BCUT2D eigenvalue weighted by molar-refractivity contribution is 0.303. The molecule has 5 heteroatoms. The molecule has 0 amide bonds. The van der Waals surface area contributed by atoms with Crippen LogP contribution < -0.4 is 0 Å². The van der Waals surface area contributed by atoms with Gasteiger partial charge in [0.2, 0.25) is 5.89 Å². The quantitative estimate of drug-likeness (QED) is 0.686. The molecule has 1 atom stereocenters. The standard InChI is InChI=1S/C7H13BN2O2/c1-4(2)8-5(3)6-9-10-7(11)12-6/h4-5,8H,1-3H3,(H,10,11). The van der Waals surface area contributed by atoms with Crippen LogP contribution in [0, 0.1) is 0 Å². The van der Waals surface area contributed by atoms with Crippen molar-refractivity contribution >= 4 is 7.28 Å². The van der Waals surface area contributed by atoms with Gasteiger partial charge in [-0.05, 0) is 0 Å². The van der Waals surface area contributed by atoms with Gasteiger partial charge in [0.15, 0.2) is 0 Å². The van der Waals surface area contributed by atoms with Crippen molar-refractivity contribution in [3.8, 4) is 6.08 Å². The first-order valence-electron chi connectivity index (χ1n) is 4.12. The first-order chi connectivity index (χ1) is 5.59. The van der Waals surface area contributed by atoms with Crippen molar-refractivity contribution in [2.75, 3.05) is 0 Å². The topological polar surface area (TPSA) is 59.2 Å². The third kappa shape index (κ3) is 2.25. The van der Waals surface area contributed by atoms with Crippen LogP contribution in [0.1, 0.15) is 32.5 Å². The predicted molar refractivity (Wildman–Crippen MR) is 46.6 cm³/mol. The van der Waals surface area contributed by atoms with Gasteiger partial charge in [-0.3, -0.25) is 0 Å². The second kappa shape index (κ2) is 3.60. The Labute approximate surface area is 72.2 Å². The highest BCUT2D eigenvalue weighted by atomic mass is 16.5. The number of nitrogens with zero attached hydrogens (tertiary/aromatic N) is 2. The van der Waals surface area contributed by atoms with Crippen molar-refractivity contribution in [2.45, 2.75) is 32.4 Å². The van der Waals surface area contributed by atoms with Crippen LogP contribution in [0.2, 0.25) is 5.82 Å². The molecule has 0 fully saturated rings. The molecular formula is C7H13BN2O2. The molecular weight excluding hydrogens is 155 g/mol. The first-order valence-corrected chi connectivity index (χ1v) is 4.12. The summed E-state index contributed by atoms with van der Waals surface area (Å²) in [5.41, 5.74) is 0. The first kappa shape index (κ1) is 9.10. The SMILES string of the molecule is CC(C)BC(C)c1nnc(O)o1. The summed E-state index contributed by atoms with van der Waals surface area (Å²) in [4.78, 5) is 0. The lowest BCUT2D eigenvalue weighted by Crippen LogP contribution is -2.07. The lowest BCUT2D eigenvalue weighted by atomic mass is 9.57. The molecule has 0 saturated heterocycles. The van der Waals surface area contributed by atoms with Crippen LogP contribution in [-0.4, -0.2) is 22.6 Å². The molecule has 0 aromatic carbocycles. The van der Waals surface area contributed by atoms with Gasteiger partial charge in [0.05, 0.1) is 0 Å². The average Bonchev–Trinajstić information content (AvgIpc) is 2.34.